The Kier molecular flexibility index (Phi) is 11.3. The van der Waals surface area contributed by atoms with Crippen LogP contribution in [0.2, 0.25) is 0 Å². The molecule has 1 rings (SSSR count). The lowest BCUT2D eigenvalue weighted by Crippen LogP contribution is -2.34. The highest BCUT2D eigenvalue weighted by molar-refractivity contribution is 5.82. The molecule has 0 aromatic heterocycles. The van der Waals surface area contributed by atoms with Gasteiger partial charge in [-0.15, -0.1) is 0 Å². The topological polar surface area (TPSA) is 52.6 Å². The molecule has 4 heteroatoms. The molecule has 0 spiro atoms. The van der Waals surface area contributed by atoms with Crippen molar-refractivity contribution in [1.82, 2.24) is 0 Å². The maximum Gasteiger partial charge on any atom is 0.310 e. The summed E-state index contributed by atoms with van der Waals surface area (Å²) >= 11 is 0. The highest BCUT2D eigenvalue weighted by Crippen LogP contribution is 2.28. The van der Waals surface area contributed by atoms with E-state index < -0.39 is 11.8 Å². The van der Waals surface area contributed by atoms with E-state index in [-0.39, 0.29) is 11.9 Å². The van der Waals surface area contributed by atoms with Gasteiger partial charge >= 0.3 is 11.9 Å². The van der Waals surface area contributed by atoms with Gasteiger partial charge in [0.05, 0.1) is 25.0 Å². The molecule has 1 aliphatic rings. The molecule has 0 saturated heterocycles. The van der Waals surface area contributed by atoms with Gasteiger partial charge in [0.1, 0.15) is 0 Å². The van der Waals surface area contributed by atoms with Gasteiger partial charge in [0.2, 0.25) is 0 Å². The van der Waals surface area contributed by atoms with Crippen LogP contribution in [0.15, 0.2) is 12.2 Å². The van der Waals surface area contributed by atoms with E-state index in [2.05, 4.69) is 27.7 Å². The quantitative estimate of drug-likeness (QED) is 0.267. The third-order valence-electron chi connectivity index (χ3n) is 4.88. The highest BCUT2D eigenvalue weighted by atomic mass is 16.5. The van der Waals surface area contributed by atoms with Crippen molar-refractivity contribution < 1.29 is 19.1 Å². The third kappa shape index (κ3) is 9.40. The Morgan fingerprint density at radius 3 is 1.50 bits per heavy atom. The van der Waals surface area contributed by atoms with E-state index in [4.69, 9.17) is 9.47 Å². The van der Waals surface area contributed by atoms with Crippen LogP contribution >= 0.6 is 0 Å². The fourth-order valence-corrected chi connectivity index (χ4v) is 3.20. The molecule has 150 valence electrons. The molecule has 0 N–H and O–H groups in total. The highest BCUT2D eigenvalue weighted by Gasteiger charge is 2.36. The molecule has 0 heterocycles. The zero-order valence-corrected chi connectivity index (χ0v) is 17.2. The van der Waals surface area contributed by atoms with Crippen LogP contribution in [-0.2, 0) is 19.1 Å². The van der Waals surface area contributed by atoms with Gasteiger partial charge in [0.15, 0.2) is 0 Å². The summed E-state index contributed by atoms with van der Waals surface area (Å²) in [5.74, 6) is 0.0607. The molecule has 0 aromatic rings. The molecule has 0 aromatic carbocycles. The van der Waals surface area contributed by atoms with Crippen molar-refractivity contribution >= 4 is 11.9 Å². The van der Waals surface area contributed by atoms with Crippen molar-refractivity contribution in [2.45, 2.75) is 79.1 Å². The summed E-state index contributed by atoms with van der Waals surface area (Å²) in [4.78, 5) is 24.8. The van der Waals surface area contributed by atoms with Crippen LogP contribution in [-0.4, -0.2) is 25.2 Å². The molecule has 0 amide bonds. The Morgan fingerprint density at radius 1 is 0.769 bits per heavy atom. The number of ether oxygens (including phenoxy) is 2. The van der Waals surface area contributed by atoms with Crippen LogP contribution in [0.3, 0.4) is 0 Å². The first kappa shape index (κ1) is 22.7. The number of hydrogen-bond donors (Lipinski definition) is 0. The number of carbonyl (C=O) groups excluding carboxylic acids is 2. The first-order valence-corrected chi connectivity index (χ1v) is 10.4. The predicted molar refractivity (Wildman–Crippen MR) is 105 cm³/mol. The lowest BCUT2D eigenvalue weighted by atomic mass is 9.83. The minimum atomic E-state index is -0.395. The van der Waals surface area contributed by atoms with Crippen molar-refractivity contribution in [3.8, 4) is 0 Å². The van der Waals surface area contributed by atoms with Crippen molar-refractivity contribution in [2.24, 2.45) is 23.7 Å². The van der Waals surface area contributed by atoms with E-state index in [1.54, 1.807) is 0 Å². The molecule has 26 heavy (non-hydrogen) atoms. The van der Waals surface area contributed by atoms with Gasteiger partial charge in [-0.25, -0.2) is 0 Å². The first-order chi connectivity index (χ1) is 12.4. The second kappa shape index (κ2) is 12.9. The lowest BCUT2D eigenvalue weighted by molar-refractivity contribution is -0.161. The van der Waals surface area contributed by atoms with Crippen LogP contribution in [0, 0.1) is 23.7 Å². The van der Waals surface area contributed by atoms with E-state index in [1.807, 2.05) is 12.2 Å². The van der Waals surface area contributed by atoms with Crippen molar-refractivity contribution in [3.05, 3.63) is 12.2 Å². The normalized spacial score (nSPS) is 19.8. The zero-order chi connectivity index (χ0) is 19.4. The van der Waals surface area contributed by atoms with Gasteiger partial charge in [-0.3, -0.25) is 9.59 Å². The Morgan fingerprint density at radius 2 is 1.15 bits per heavy atom. The zero-order valence-electron chi connectivity index (χ0n) is 17.2. The molecular formula is C22H38O4. The van der Waals surface area contributed by atoms with Crippen LogP contribution in [0.5, 0.6) is 0 Å². The molecule has 0 radical (unpaired) electrons. The summed E-state index contributed by atoms with van der Waals surface area (Å²) in [6, 6.07) is 0. The molecule has 2 atom stereocenters. The second-order valence-electron chi connectivity index (χ2n) is 8.27. The Labute approximate surface area is 159 Å². The van der Waals surface area contributed by atoms with Crippen molar-refractivity contribution in [1.29, 1.82) is 0 Å². The fourth-order valence-electron chi connectivity index (χ4n) is 3.20. The standard InChI is InChI=1S/C22H38O4/c1-17(2)11-7-9-15-25-21(23)19-13-5-6-14-20(19)22(24)26-16-10-8-12-18(3)4/h5-6,17-20H,7-16H2,1-4H3/t19-,20-/m1/s1. The molecule has 0 saturated carbocycles. The Balaban J connectivity index is 2.34. The Bertz CT molecular complexity index is 399. The van der Waals surface area contributed by atoms with Gasteiger partial charge in [0, 0.05) is 0 Å². The number of carbonyl (C=O) groups is 2. The minimum absolute atomic E-state index is 0.249. The third-order valence-corrected chi connectivity index (χ3v) is 4.88. The number of rotatable bonds is 12. The first-order valence-electron chi connectivity index (χ1n) is 10.4. The SMILES string of the molecule is CC(C)CCCCOC(=O)[C@@H]1CC=CC[C@H]1C(=O)OCCCCC(C)C. The van der Waals surface area contributed by atoms with E-state index in [1.165, 1.54) is 0 Å². The molecule has 4 nitrogen and oxygen atoms in total. The summed E-state index contributed by atoms with van der Waals surface area (Å²) in [6.45, 7) is 9.67. The van der Waals surface area contributed by atoms with E-state index in [0.717, 1.165) is 38.5 Å². The van der Waals surface area contributed by atoms with Crippen LogP contribution in [0.1, 0.15) is 79.1 Å². The Hall–Kier alpha value is -1.32. The number of esters is 2. The molecule has 0 aliphatic heterocycles. The van der Waals surface area contributed by atoms with Crippen LogP contribution < -0.4 is 0 Å². The fraction of sp³-hybridized carbons (Fsp3) is 0.818. The van der Waals surface area contributed by atoms with Gasteiger partial charge < -0.3 is 9.47 Å². The lowest BCUT2D eigenvalue weighted by Gasteiger charge is -2.25. The minimum Gasteiger partial charge on any atom is -0.465 e. The molecule has 1 aliphatic carbocycles. The molecule has 0 unspecified atom stereocenters. The number of unbranched alkanes of at least 4 members (excludes halogenated alkanes) is 2. The van der Waals surface area contributed by atoms with Crippen molar-refractivity contribution in [2.75, 3.05) is 13.2 Å². The monoisotopic (exact) mass is 366 g/mol. The molecular weight excluding hydrogens is 328 g/mol. The summed E-state index contributed by atoms with van der Waals surface area (Å²) in [5.41, 5.74) is 0. The van der Waals surface area contributed by atoms with E-state index in [9.17, 15) is 9.59 Å². The molecule has 0 bridgehead atoms. The largest absolute Gasteiger partial charge is 0.465 e. The van der Waals surface area contributed by atoms with E-state index in [0.29, 0.717) is 37.9 Å². The van der Waals surface area contributed by atoms with E-state index >= 15 is 0 Å². The summed E-state index contributed by atoms with van der Waals surface area (Å²) < 4.78 is 10.9. The molecule has 0 fully saturated rings. The second-order valence-corrected chi connectivity index (χ2v) is 8.27. The van der Waals surface area contributed by atoms with Crippen molar-refractivity contribution in [3.63, 3.8) is 0 Å². The number of hydrogen-bond acceptors (Lipinski definition) is 4. The van der Waals surface area contributed by atoms with Crippen LogP contribution in [0.4, 0.5) is 0 Å². The smallest absolute Gasteiger partial charge is 0.310 e. The summed E-state index contributed by atoms with van der Waals surface area (Å²) in [5, 5.41) is 0. The average molecular weight is 367 g/mol. The predicted octanol–water partition coefficient (Wildman–Crippen LogP) is 5.31. The van der Waals surface area contributed by atoms with Gasteiger partial charge in [-0.1, -0.05) is 52.7 Å². The van der Waals surface area contributed by atoms with Gasteiger partial charge in [-0.05, 0) is 50.4 Å². The van der Waals surface area contributed by atoms with Gasteiger partial charge in [-0.2, -0.15) is 0 Å². The maximum absolute atomic E-state index is 12.4. The van der Waals surface area contributed by atoms with Gasteiger partial charge in [0.25, 0.3) is 0 Å². The summed E-state index contributed by atoms with van der Waals surface area (Å²) in [7, 11) is 0. The average Bonchev–Trinajstić information content (AvgIpc) is 2.60. The van der Waals surface area contributed by atoms with Crippen LogP contribution in [0.25, 0.3) is 0 Å². The maximum atomic E-state index is 12.4. The summed E-state index contributed by atoms with van der Waals surface area (Å²) in [6.07, 6.45) is 11.3. The number of allylic oxidation sites excluding steroid dienone is 2.